The number of piperidine rings is 1. The fourth-order valence-electron chi connectivity index (χ4n) is 3.94. The van der Waals surface area contributed by atoms with Crippen molar-refractivity contribution in [3.8, 4) is 5.75 Å². The zero-order valence-corrected chi connectivity index (χ0v) is 16.5. The molecule has 0 aromatic heterocycles. The third kappa shape index (κ3) is 5.15. The summed E-state index contributed by atoms with van der Waals surface area (Å²) in [7, 11) is 1.71. The molecule has 6 heteroatoms. The molecule has 3 rings (SSSR count). The number of para-hydroxylation sites is 1. The van der Waals surface area contributed by atoms with Crippen LogP contribution in [0.1, 0.15) is 44.1 Å². The van der Waals surface area contributed by atoms with Gasteiger partial charge in [-0.15, -0.1) is 0 Å². The van der Waals surface area contributed by atoms with Crippen molar-refractivity contribution < 1.29 is 9.53 Å². The molecule has 6 nitrogen and oxygen atoms in total. The number of benzene rings is 1. The lowest BCUT2D eigenvalue weighted by Crippen LogP contribution is -2.46. The van der Waals surface area contributed by atoms with Crippen LogP contribution in [0.4, 0.5) is 0 Å². The van der Waals surface area contributed by atoms with E-state index >= 15 is 0 Å². The van der Waals surface area contributed by atoms with Gasteiger partial charge in [0.2, 0.25) is 5.91 Å². The molecule has 2 heterocycles. The van der Waals surface area contributed by atoms with Crippen molar-refractivity contribution in [3.63, 3.8) is 0 Å². The van der Waals surface area contributed by atoms with Gasteiger partial charge in [0.1, 0.15) is 5.75 Å². The first-order valence-corrected chi connectivity index (χ1v) is 10.2. The number of carbonyl (C=O) groups excluding carboxylic acids is 1. The number of hydrogen-bond donors (Lipinski definition) is 2. The molecule has 1 unspecified atom stereocenters. The molecular weight excluding hydrogens is 340 g/mol. The van der Waals surface area contributed by atoms with E-state index in [-0.39, 0.29) is 5.91 Å². The zero-order valence-electron chi connectivity index (χ0n) is 16.5. The maximum absolute atomic E-state index is 11.6. The second kappa shape index (κ2) is 9.62. The molecular formula is C21H32N4O2. The molecule has 27 heavy (non-hydrogen) atoms. The molecule has 1 saturated heterocycles. The summed E-state index contributed by atoms with van der Waals surface area (Å²) in [4.78, 5) is 18.9. The molecule has 1 amide bonds. The van der Waals surface area contributed by atoms with Gasteiger partial charge in [0.25, 0.3) is 0 Å². The largest absolute Gasteiger partial charge is 0.493 e. The lowest BCUT2D eigenvalue weighted by Gasteiger charge is -2.34. The Balaban J connectivity index is 1.60. The summed E-state index contributed by atoms with van der Waals surface area (Å²) >= 11 is 0. The van der Waals surface area contributed by atoms with Crippen molar-refractivity contribution in [1.82, 2.24) is 15.5 Å². The molecule has 0 saturated carbocycles. The Morgan fingerprint density at radius 1 is 1.26 bits per heavy atom. The minimum absolute atomic E-state index is 0.146. The van der Waals surface area contributed by atoms with Crippen molar-refractivity contribution in [1.29, 1.82) is 0 Å². The number of likely N-dealkylation sites (tertiary alicyclic amines) is 1. The second-order valence-electron chi connectivity index (χ2n) is 7.37. The standard InChI is InChI=1S/C21H32N4O2/c1-3-23-21(25-11-8-16(9-12-25)14-20(26)22-2)24-15-17-10-13-27-19-7-5-4-6-18(17)19/h4-7,16-17H,3,8-15H2,1-2H3,(H,22,26)(H,23,24). The Morgan fingerprint density at radius 3 is 2.78 bits per heavy atom. The average molecular weight is 373 g/mol. The van der Waals surface area contributed by atoms with Gasteiger partial charge in [0, 0.05) is 45.6 Å². The van der Waals surface area contributed by atoms with E-state index in [0.29, 0.717) is 18.3 Å². The molecule has 0 radical (unpaired) electrons. The molecule has 1 aromatic rings. The Bertz CT molecular complexity index is 653. The SMILES string of the molecule is CCNC(=NCC1CCOc2ccccc21)N1CCC(CC(=O)NC)CC1. The maximum Gasteiger partial charge on any atom is 0.220 e. The first-order chi connectivity index (χ1) is 13.2. The van der Waals surface area contributed by atoms with Crippen LogP contribution < -0.4 is 15.4 Å². The molecule has 2 N–H and O–H groups in total. The number of aliphatic imine (C=N–C) groups is 1. The summed E-state index contributed by atoms with van der Waals surface area (Å²) in [5.41, 5.74) is 1.27. The monoisotopic (exact) mass is 372 g/mol. The van der Waals surface area contributed by atoms with Gasteiger partial charge in [-0.3, -0.25) is 9.79 Å². The van der Waals surface area contributed by atoms with Crippen molar-refractivity contribution >= 4 is 11.9 Å². The van der Waals surface area contributed by atoms with Crippen molar-refractivity contribution in [2.75, 3.05) is 39.8 Å². The topological polar surface area (TPSA) is 66.0 Å². The average Bonchev–Trinajstić information content (AvgIpc) is 2.71. The maximum atomic E-state index is 11.6. The number of carbonyl (C=O) groups is 1. The van der Waals surface area contributed by atoms with Crippen LogP contribution in [0.2, 0.25) is 0 Å². The van der Waals surface area contributed by atoms with Crippen molar-refractivity contribution in [3.05, 3.63) is 29.8 Å². The van der Waals surface area contributed by atoms with Crippen LogP contribution in [0.25, 0.3) is 0 Å². The van der Waals surface area contributed by atoms with E-state index in [2.05, 4.69) is 34.6 Å². The molecule has 2 aliphatic rings. The minimum atomic E-state index is 0.146. The lowest BCUT2D eigenvalue weighted by atomic mass is 9.93. The molecule has 1 aromatic carbocycles. The Morgan fingerprint density at radius 2 is 2.04 bits per heavy atom. The highest BCUT2D eigenvalue weighted by Gasteiger charge is 2.24. The van der Waals surface area contributed by atoms with E-state index in [9.17, 15) is 4.79 Å². The van der Waals surface area contributed by atoms with Crippen LogP contribution in [0.3, 0.4) is 0 Å². The molecule has 1 fully saturated rings. The summed E-state index contributed by atoms with van der Waals surface area (Å²) in [5, 5.41) is 6.18. The van der Waals surface area contributed by atoms with Gasteiger partial charge in [0.15, 0.2) is 5.96 Å². The number of nitrogens with zero attached hydrogens (tertiary/aromatic N) is 2. The molecule has 148 valence electrons. The highest BCUT2D eigenvalue weighted by molar-refractivity contribution is 5.80. The quantitative estimate of drug-likeness (QED) is 0.615. The second-order valence-corrected chi connectivity index (χ2v) is 7.37. The molecule has 0 aliphatic carbocycles. The van der Waals surface area contributed by atoms with Gasteiger partial charge < -0.3 is 20.3 Å². The minimum Gasteiger partial charge on any atom is -0.493 e. The summed E-state index contributed by atoms with van der Waals surface area (Å²) in [6, 6.07) is 8.31. The number of nitrogens with one attached hydrogen (secondary N) is 2. The molecule has 1 atom stereocenters. The summed E-state index contributed by atoms with van der Waals surface area (Å²) in [5.74, 6) is 3.04. The van der Waals surface area contributed by atoms with Crippen LogP contribution >= 0.6 is 0 Å². The van der Waals surface area contributed by atoms with Gasteiger partial charge in [-0.05, 0) is 43.7 Å². The number of amides is 1. The summed E-state index contributed by atoms with van der Waals surface area (Å²) in [6.45, 7) is 6.42. The fraction of sp³-hybridized carbons (Fsp3) is 0.619. The van der Waals surface area contributed by atoms with Crippen LogP contribution in [-0.2, 0) is 4.79 Å². The number of guanidine groups is 1. The van der Waals surface area contributed by atoms with E-state index in [0.717, 1.165) is 63.8 Å². The van der Waals surface area contributed by atoms with Crippen LogP contribution in [0, 0.1) is 5.92 Å². The van der Waals surface area contributed by atoms with E-state index < -0.39 is 0 Å². The summed E-state index contributed by atoms with van der Waals surface area (Å²) < 4.78 is 5.77. The Kier molecular flexibility index (Phi) is 6.96. The van der Waals surface area contributed by atoms with Crippen molar-refractivity contribution in [2.45, 2.75) is 38.5 Å². The number of ether oxygens (including phenoxy) is 1. The first-order valence-electron chi connectivity index (χ1n) is 10.2. The smallest absolute Gasteiger partial charge is 0.220 e. The fourth-order valence-corrected chi connectivity index (χ4v) is 3.94. The van der Waals surface area contributed by atoms with Gasteiger partial charge in [-0.2, -0.15) is 0 Å². The molecule has 0 spiro atoms. The van der Waals surface area contributed by atoms with E-state index in [4.69, 9.17) is 9.73 Å². The predicted octanol–water partition coefficient (Wildman–Crippen LogP) is 2.37. The third-order valence-electron chi connectivity index (χ3n) is 5.55. The van der Waals surface area contributed by atoms with E-state index in [1.807, 2.05) is 12.1 Å². The van der Waals surface area contributed by atoms with Crippen LogP contribution in [0.5, 0.6) is 5.75 Å². The number of rotatable bonds is 5. The highest BCUT2D eigenvalue weighted by atomic mass is 16.5. The highest BCUT2D eigenvalue weighted by Crippen LogP contribution is 2.33. The van der Waals surface area contributed by atoms with Gasteiger partial charge in [-0.25, -0.2) is 0 Å². The van der Waals surface area contributed by atoms with Crippen LogP contribution in [-0.4, -0.2) is 56.6 Å². The number of hydrogen-bond acceptors (Lipinski definition) is 3. The van der Waals surface area contributed by atoms with Crippen LogP contribution in [0.15, 0.2) is 29.3 Å². The zero-order chi connectivity index (χ0) is 19.1. The summed E-state index contributed by atoms with van der Waals surface area (Å²) in [6.07, 6.45) is 3.72. The van der Waals surface area contributed by atoms with Crippen molar-refractivity contribution in [2.24, 2.45) is 10.9 Å². The van der Waals surface area contributed by atoms with E-state index in [1.54, 1.807) is 7.05 Å². The first kappa shape index (κ1) is 19.5. The normalized spacial score (nSPS) is 20.6. The van der Waals surface area contributed by atoms with E-state index in [1.165, 1.54) is 5.56 Å². The Labute approximate surface area is 162 Å². The molecule has 0 bridgehead atoms. The van der Waals surface area contributed by atoms with Gasteiger partial charge >= 0.3 is 0 Å². The number of fused-ring (bicyclic) bond motifs is 1. The lowest BCUT2D eigenvalue weighted by molar-refractivity contribution is -0.121. The predicted molar refractivity (Wildman–Crippen MR) is 108 cm³/mol. The Hall–Kier alpha value is -2.24. The van der Waals surface area contributed by atoms with Gasteiger partial charge in [-0.1, -0.05) is 18.2 Å². The molecule has 2 aliphatic heterocycles. The third-order valence-corrected chi connectivity index (χ3v) is 5.55. The van der Waals surface area contributed by atoms with Gasteiger partial charge in [0.05, 0.1) is 6.61 Å².